The molecule has 36 heavy (non-hydrogen) atoms. The van der Waals surface area contributed by atoms with Crippen molar-refractivity contribution >= 4 is 5.97 Å². The molecule has 3 rings (SSSR count). The lowest BCUT2D eigenvalue weighted by atomic mass is 9.87. The van der Waals surface area contributed by atoms with E-state index in [9.17, 15) is 36.2 Å². The van der Waals surface area contributed by atoms with Gasteiger partial charge in [0.15, 0.2) is 6.29 Å². The second kappa shape index (κ2) is 13.0. The number of rotatable bonds is 8. The Labute approximate surface area is 205 Å². The Morgan fingerprint density at radius 3 is 1.92 bits per heavy atom. The molecule has 5 nitrogen and oxygen atoms in total. The van der Waals surface area contributed by atoms with Gasteiger partial charge in [-0.1, -0.05) is 42.5 Å². The Morgan fingerprint density at radius 1 is 0.917 bits per heavy atom. The molecule has 0 aromatic heterocycles. The average Bonchev–Trinajstić information content (AvgIpc) is 2.84. The third-order valence-corrected chi connectivity index (χ3v) is 5.52. The molecule has 1 aliphatic rings. The number of halogens is 6. The van der Waals surface area contributed by atoms with Crippen molar-refractivity contribution in [1.82, 2.24) is 0 Å². The molecule has 0 spiro atoms. The van der Waals surface area contributed by atoms with Crippen molar-refractivity contribution in [3.63, 3.8) is 0 Å². The lowest BCUT2D eigenvalue weighted by Gasteiger charge is -2.30. The summed E-state index contributed by atoms with van der Waals surface area (Å²) < 4.78 is 89.3. The van der Waals surface area contributed by atoms with Crippen LogP contribution in [0.2, 0.25) is 0 Å². The van der Waals surface area contributed by atoms with Gasteiger partial charge in [0.2, 0.25) is 0 Å². The number of carbonyl (C=O) groups is 1. The first kappa shape index (κ1) is 29.4. The van der Waals surface area contributed by atoms with Gasteiger partial charge in [-0.05, 0) is 61.8 Å². The van der Waals surface area contributed by atoms with E-state index in [1.54, 1.807) is 37.4 Å². The summed E-state index contributed by atoms with van der Waals surface area (Å²) in [6.07, 6.45) is -12.3. The maximum Gasteiger partial charge on any atom is 0.439 e. The van der Waals surface area contributed by atoms with Gasteiger partial charge < -0.3 is 24.1 Å². The number of carboxylic acids is 1. The van der Waals surface area contributed by atoms with Gasteiger partial charge in [0.1, 0.15) is 5.75 Å². The van der Waals surface area contributed by atoms with Crippen LogP contribution < -0.4 is 9.84 Å². The van der Waals surface area contributed by atoms with Crippen molar-refractivity contribution in [2.75, 3.05) is 7.11 Å². The van der Waals surface area contributed by atoms with Gasteiger partial charge >= 0.3 is 12.3 Å². The van der Waals surface area contributed by atoms with Gasteiger partial charge in [0.25, 0.3) is 6.17 Å². The van der Waals surface area contributed by atoms with Gasteiger partial charge in [-0.2, -0.15) is 22.0 Å². The Hall–Kier alpha value is -2.79. The minimum atomic E-state index is -5.70. The molecule has 0 saturated heterocycles. The van der Waals surface area contributed by atoms with E-state index in [0.29, 0.717) is 18.4 Å². The highest BCUT2D eigenvalue weighted by atomic mass is 19.4. The Morgan fingerprint density at radius 2 is 1.44 bits per heavy atom. The number of hydrogen-bond donors (Lipinski definition) is 0. The fraction of sp³-hybridized carbons (Fsp3) is 0.480. The highest BCUT2D eigenvalue weighted by Gasteiger charge is 2.59. The van der Waals surface area contributed by atoms with Gasteiger partial charge in [-0.15, -0.1) is 0 Å². The maximum atomic E-state index is 13.1. The van der Waals surface area contributed by atoms with E-state index >= 15 is 0 Å². The van der Waals surface area contributed by atoms with Crippen LogP contribution in [0.25, 0.3) is 11.1 Å². The summed E-state index contributed by atoms with van der Waals surface area (Å²) in [4.78, 5) is 10.6. The first-order chi connectivity index (χ1) is 16.8. The number of methoxy groups -OCH3 is 1. The second-order valence-electron chi connectivity index (χ2n) is 8.19. The Balaban J connectivity index is 0.000000281. The molecule has 0 N–H and O–H groups in total. The van der Waals surface area contributed by atoms with Crippen LogP contribution in [-0.4, -0.2) is 43.9 Å². The average molecular weight is 521 g/mol. The normalized spacial score (nSPS) is 20.0. The van der Waals surface area contributed by atoms with Crippen LogP contribution in [-0.2, 0) is 14.3 Å². The molecule has 1 fully saturated rings. The molecule has 0 radical (unpaired) electrons. The van der Waals surface area contributed by atoms with Gasteiger partial charge in [-0.3, -0.25) is 0 Å². The number of carboxylic acid groups (broad SMARTS) is 1. The molecule has 1 aliphatic carbocycles. The fourth-order valence-electron chi connectivity index (χ4n) is 3.51. The molecule has 11 heteroatoms. The molecule has 1 saturated carbocycles. The minimum absolute atomic E-state index is 0.139. The molecule has 2 unspecified atom stereocenters. The summed E-state index contributed by atoms with van der Waals surface area (Å²) in [5.74, 6) is -1.77. The number of alkyl halides is 6. The predicted molar refractivity (Wildman–Crippen MR) is 117 cm³/mol. The number of hydrogen-bond acceptors (Lipinski definition) is 5. The van der Waals surface area contributed by atoms with Crippen LogP contribution in [0.4, 0.5) is 26.3 Å². The first-order valence-electron chi connectivity index (χ1n) is 11.2. The number of aliphatic carboxylic acids is 1. The largest absolute Gasteiger partial charge is 0.550 e. The monoisotopic (exact) mass is 521 g/mol. The fourth-order valence-corrected chi connectivity index (χ4v) is 3.51. The molecule has 0 bridgehead atoms. The lowest BCUT2D eigenvalue weighted by molar-refractivity contribution is -0.313. The lowest BCUT2D eigenvalue weighted by Crippen LogP contribution is -2.45. The van der Waals surface area contributed by atoms with Crippen molar-refractivity contribution in [3.05, 3.63) is 54.6 Å². The third-order valence-electron chi connectivity index (χ3n) is 5.52. The zero-order chi connectivity index (χ0) is 26.9. The zero-order valence-electron chi connectivity index (χ0n) is 19.6. The van der Waals surface area contributed by atoms with Crippen molar-refractivity contribution in [2.24, 2.45) is 5.92 Å². The molecule has 0 aliphatic heterocycles. The van der Waals surface area contributed by atoms with Crippen molar-refractivity contribution in [1.29, 1.82) is 0 Å². The summed E-state index contributed by atoms with van der Waals surface area (Å²) in [5.41, 5.74) is 1.45. The highest BCUT2D eigenvalue weighted by Crippen LogP contribution is 2.37. The Kier molecular flexibility index (Phi) is 10.6. The minimum Gasteiger partial charge on any atom is -0.550 e. The van der Waals surface area contributed by atoms with Crippen LogP contribution in [0.5, 0.6) is 5.75 Å². The molecular formula is C25H27F6O5-. The van der Waals surface area contributed by atoms with Crippen LogP contribution in [0.3, 0.4) is 0 Å². The predicted octanol–water partition coefficient (Wildman–Crippen LogP) is 5.53. The zero-order valence-corrected chi connectivity index (χ0v) is 19.6. The van der Waals surface area contributed by atoms with E-state index in [1.165, 1.54) is 12.1 Å². The topological polar surface area (TPSA) is 67.8 Å². The Bertz CT molecular complexity index is 928. The maximum absolute atomic E-state index is 13.1. The van der Waals surface area contributed by atoms with Crippen LogP contribution >= 0.6 is 0 Å². The third kappa shape index (κ3) is 9.02. The summed E-state index contributed by atoms with van der Waals surface area (Å²) in [7, 11) is 1.59. The van der Waals surface area contributed by atoms with Crippen molar-refractivity contribution in [2.45, 2.75) is 63.5 Å². The van der Waals surface area contributed by atoms with Gasteiger partial charge in [-0.25, -0.2) is 4.39 Å². The van der Waals surface area contributed by atoms with Crippen molar-refractivity contribution < 1.29 is 50.5 Å². The summed E-state index contributed by atoms with van der Waals surface area (Å²) >= 11 is 0. The van der Waals surface area contributed by atoms with E-state index in [-0.39, 0.29) is 18.3 Å². The molecule has 0 amide bonds. The SMILES string of the molecule is COC(C)OC1CCC(C(=O)[O-])CC1.FC(C(F)(F)F)C(F)(F)Oc1ccc(-c2ccccc2)cc1. The van der Waals surface area contributed by atoms with E-state index in [2.05, 4.69) is 4.74 Å². The van der Waals surface area contributed by atoms with Crippen LogP contribution in [0.15, 0.2) is 54.6 Å². The quantitative estimate of drug-likeness (QED) is 0.338. The molecule has 0 heterocycles. The van der Waals surface area contributed by atoms with Crippen LogP contribution in [0.1, 0.15) is 32.6 Å². The number of ether oxygens (including phenoxy) is 3. The summed E-state index contributed by atoms with van der Waals surface area (Å²) in [5, 5.41) is 10.6. The van der Waals surface area contributed by atoms with E-state index in [1.807, 2.05) is 6.92 Å². The van der Waals surface area contributed by atoms with Crippen LogP contribution in [0, 0.1) is 5.92 Å². The van der Waals surface area contributed by atoms with Gasteiger partial charge in [0, 0.05) is 13.1 Å². The van der Waals surface area contributed by atoms with E-state index in [4.69, 9.17) is 9.47 Å². The number of benzene rings is 2. The summed E-state index contributed by atoms with van der Waals surface area (Å²) in [6.45, 7) is 1.84. The molecule has 2 atom stereocenters. The molecule has 200 valence electrons. The molecule has 2 aromatic rings. The first-order valence-corrected chi connectivity index (χ1v) is 11.2. The highest BCUT2D eigenvalue weighted by molar-refractivity contribution is 5.67. The molecule has 2 aromatic carbocycles. The van der Waals surface area contributed by atoms with Gasteiger partial charge in [0.05, 0.1) is 6.10 Å². The smallest absolute Gasteiger partial charge is 0.439 e. The van der Waals surface area contributed by atoms with Crippen molar-refractivity contribution in [3.8, 4) is 16.9 Å². The van der Waals surface area contributed by atoms with E-state index in [0.717, 1.165) is 30.5 Å². The number of carbonyl (C=O) groups excluding carboxylic acids is 1. The summed E-state index contributed by atoms with van der Waals surface area (Å²) in [6, 6.07) is 13.8. The van der Waals surface area contributed by atoms with E-state index < -0.39 is 30.2 Å². The molecular weight excluding hydrogens is 494 g/mol. The second-order valence-corrected chi connectivity index (χ2v) is 8.19. The standard InChI is InChI=1S/C15H10F6O.C10H18O4/c16-13(14(17,18)19)15(20,21)22-12-8-6-11(7-9-12)10-4-2-1-3-5-10;1-7(13-2)14-9-5-3-8(4-6-9)10(11)12/h1-9,13H;7-9H,3-6H2,1-2H3,(H,11,12)/p-1.